The smallest absolute Gasteiger partial charge is 0.206 e. The summed E-state index contributed by atoms with van der Waals surface area (Å²) in [5.74, 6) is -0.0340. The van der Waals surface area contributed by atoms with Gasteiger partial charge in [-0.1, -0.05) is 23.5 Å². The van der Waals surface area contributed by atoms with Gasteiger partial charge >= 0.3 is 0 Å². The number of piperazine rings is 1. The van der Waals surface area contributed by atoms with Crippen LogP contribution >= 0.6 is 11.3 Å². The van der Waals surface area contributed by atoms with E-state index in [0.717, 1.165) is 31.9 Å². The van der Waals surface area contributed by atoms with E-state index in [0.29, 0.717) is 21.6 Å². The van der Waals surface area contributed by atoms with Crippen molar-refractivity contribution in [3.05, 3.63) is 59.0 Å². The number of hydrogen-bond acceptors (Lipinski definition) is 8. The molecule has 0 saturated carbocycles. The third-order valence-electron chi connectivity index (χ3n) is 5.50. The molecule has 0 radical (unpaired) electrons. The summed E-state index contributed by atoms with van der Waals surface area (Å²) in [6, 6.07) is 15.0. The van der Waals surface area contributed by atoms with Gasteiger partial charge in [0.05, 0.1) is 0 Å². The quantitative estimate of drug-likeness (QED) is 0.503. The van der Waals surface area contributed by atoms with Crippen LogP contribution in [0.3, 0.4) is 0 Å². The van der Waals surface area contributed by atoms with Crippen molar-refractivity contribution in [2.24, 2.45) is 0 Å². The van der Waals surface area contributed by atoms with Crippen LogP contribution in [0.1, 0.15) is 29.1 Å². The molecule has 0 spiro atoms. The number of phenolic OH excluding ortho intramolecular Hbond substituents is 1. The summed E-state index contributed by atoms with van der Waals surface area (Å²) in [4.78, 5) is 22.3. The Labute approximate surface area is 186 Å². The number of carbonyl (C=O) groups excluding carboxylic acids is 1. The molecule has 0 bridgehead atoms. The van der Waals surface area contributed by atoms with Gasteiger partial charge < -0.3 is 21.1 Å². The first kappa shape index (κ1) is 21.1. The van der Waals surface area contributed by atoms with E-state index in [1.54, 1.807) is 12.1 Å². The van der Waals surface area contributed by atoms with Gasteiger partial charge in [0, 0.05) is 49.2 Å². The van der Waals surface area contributed by atoms with Crippen LogP contribution in [0.5, 0.6) is 5.75 Å². The zero-order valence-corrected chi connectivity index (χ0v) is 18.5. The fraction of sp³-hybridized carbons (Fsp3) is 0.304. The van der Waals surface area contributed by atoms with E-state index in [1.807, 2.05) is 12.1 Å². The largest absolute Gasteiger partial charge is 0.508 e. The second-order valence-electron chi connectivity index (χ2n) is 7.90. The van der Waals surface area contributed by atoms with E-state index < -0.39 is 0 Å². The monoisotopic (exact) mass is 437 g/mol. The lowest BCUT2D eigenvalue weighted by Gasteiger charge is -2.38. The van der Waals surface area contributed by atoms with Gasteiger partial charge in [-0.2, -0.15) is 0 Å². The maximum atomic E-state index is 12.7. The van der Waals surface area contributed by atoms with Crippen molar-refractivity contribution in [2.75, 3.05) is 42.1 Å². The Balaban J connectivity index is 1.42. The number of benzene rings is 2. The molecular weight excluding hydrogens is 410 g/mol. The van der Waals surface area contributed by atoms with Crippen molar-refractivity contribution in [3.63, 3.8) is 0 Å². The van der Waals surface area contributed by atoms with Gasteiger partial charge in [0.15, 0.2) is 5.13 Å². The zero-order chi connectivity index (χ0) is 22.0. The first-order valence-electron chi connectivity index (χ1n) is 10.4. The van der Waals surface area contributed by atoms with Crippen molar-refractivity contribution in [1.82, 2.24) is 9.88 Å². The number of carbonyl (C=O) groups is 1. The summed E-state index contributed by atoms with van der Waals surface area (Å²) in [6.07, 6.45) is 0. The van der Waals surface area contributed by atoms with Crippen molar-refractivity contribution in [3.8, 4) is 5.75 Å². The van der Waals surface area contributed by atoms with Crippen LogP contribution in [0.25, 0.3) is 0 Å². The van der Waals surface area contributed by atoms with Gasteiger partial charge in [-0.25, -0.2) is 4.98 Å². The lowest BCUT2D eigenvalue weighted by molar-refractivity contribution is 0.104. The number of nitrogen functional groups attached to an aromatic ring is 1. The van der Waals surface area contributed by atoms with Gasteiger partial charge in [0.1, 0.15) is 16.4 Å². The van der Waals surface area contributed by atoms with E-state index >= 15 is 0 Å². The fourth-order valence-corrected chi connectivity index (χ4v) is 4.57. The second kappa shape index (κ2) is 8.95. The second-order valence-corrected chi connectivity index (χ2v) is 8.90. The van der Waals surface area contributed by atoms with Crippen LogP contribution in [-0.2, 0) is 0 Å². The Hall–Kier alpha value is -3.10. The van der Waals surface area contributed by atoms with Gasteiger partial charge in [0.2, 0.25) is 5.78 Å². The van der Waals surface area contributed by atoms with E-state index in [2.05, 4.69) is 46.1 Å². The van der Waals surface area contributed by atoms with E-state index in [-0.39, 0.29) is 17.4 Å². The molecule has 162 valence electrons. The minimum Gasteiger partial charge on any atom is -0.508 e. The molecule has 2 aromatic carbocycles. The number of aromatic hydroxyl groups is 1. The highest BCUT2D eigenvalue weighted by molar-refractivity contribution is 7.18. The number of rotatable bonds is 6. The molecule has 1 aromatic heterocycles. The van der Waals surface area contributed by atoms with Crippen LogP contribution in [0.4, 0.5) is 22.3 Å². The Morgan fingerprint density at radius 1 is 1.13 bits per heavy atom. The maximum Gasteiger partial charge on any atom is 0.206 e. The molecule has 1 saturated heterocycles. The summed E-state index contributed by atoms with van der Waals surface area (Å²) in [7, 11) is 0. The fourth-order valence-electron chi connectivity index (χ4n) is 3.70. The van der Waals surface area contributed by atoms with Crippen LogP contribution in [0.2, 0.25) is 0 Å². The van der Waals surface area contributed by atoms with Crippen LogP contribution in [-0.4, -0.2) is 53.0 Å². The number of nitrogens with zero attached hydrogens (tertiary/aromatic N) is 3. The van der Waals surface area contributed by atoms with E-state index in [1.165, 1.54) is 29.2 Å². The zero-order valence-electron chi connectivity index (χ0n) is 17.7. The predicted molar refractivity (Wildman–Crippen MR) is 127 cm³/mol. The third-order valence-corrected chi connectivity index (χ3v) is 6.48. The summed E-state index contributed by atoms with van der Waals surface area (Å²) in [5.41, 5.74) is 8.45. The van der Waals surface area contributed by atoms with Crippen molar-refractivity contribution in [1.29, 1.82) is 0 Å². The van der Waals surface area contributed by atoms with Gasteiger partial charge in [0.25, 0.3) is 0 Å². The Morgan fingerprint density at radius 3 is 2.48 bits per heavy atom. The molecule has 3 aromatic rings. The average Bonchev–Trinajstić information content (AvgIpc) is 3.13. The predicted octanol–water partition coefficient (Wildman–Crippen LogP) is 3.94. The highest BCUT2D eigenvalue weighted by atomic mass is 32.1. The highest BCUT2D eigenvalue weighted by Gasteiger charge is 2.20. The number of nitrogens with one attached hydrogen (secondary N) is 1. The van der Waals surface area contributed by atoms with Gasteiger partial charge in [-0.15, -0.1) is 0 Å². The number of hydrogen-bond donors (Lipinski definition) is 3. The summed E-state index contributed by atoms with van der Waals surface area (Å²) < 4.78 is 0. The molecule has 0 unspecified atom stereocenters. The molecular formula is C23H27N5O2S. The molecule has 0 atom stereocenters. The maximum absolute atomic E-state index is 12.7. The normalized spacial score (nSPS) is 14.7. The minimum atomic E-state index is -0.255. The Bertz CT molecular complexity index is 1060. The van der Waals surface area contributed by atoms with Crippen LogP contribution < -0.4 is 16.0 Å². The molecule has 0 aliphatic carbocycles. The van der Waals surface area contributed by atoms with Crippen molar-refractivity contribution >= 4 is 39.4 Å². The lowest BCUT2D eigenvalue weighted by atomic mass is 10.1. The number of anilines is 4. The van der Waals surface area contributed by atoms with Crippen molar-refractivity contribution < 1.29 is 9.90 Å². The minimum absolute atomic E-state index is 0.0398. The Kier molecular flexibility index (Phi) is 6.11. The first-order valence-corrected chi connectivity index (χ1v) is 11.2. The molecule has 1 aliphatic rings. The first-order chi connectivity index (χ1) is 14.9. The molecule has 7 nitrogen and oxygen atoms in total. The van der Waals surface area contributed by atoms with E-state index in [9.17, 15) is 9.90 Å². The number of nitrogens with two attached hydrogens (primary N) is 1. The third kappa shape index (κ3) is 4.81. The lowest BCUT2D eigenvalue weighted by Crippen LogP contribution is -2.48. The SMILES string of the molecule is CC(C)N1CCN(c2ccc(Nc3nc(N)c(C(=O)c4cccc(O)c4)s3)cc2)CC1. The van der Waals surface area contributed by atoms with Crippen LogP contribution in [0, 0.1) is 0 Å². The number of phenols is 1. The van der Waals surface area contributed by atoms with E-state index in [4.69, 9.17) is 5.73 Å². The molecule has 1 aliphatic heterocycles. The Morgan fingerprint density at radius 2 is 1.84 bits per heavy atom. The number of aromatic nitrogens is 1. The number of thiazole rings is 1. The topological polar surface area (TPSA) is 94.7 Å². The molecule has 2 heterocycles. The van der Waals surface area contributed by atoms with Crippen molar-refractivity contribution in [2.45, 2.75) is 19.9 Å². The molecule has 31 heavy (non-hydrogen) atoms. The summed E-state index contributed by atoms with van der Waals surface area (Å²) >= 11 is 1.20. The summed E-state index contributed by atoms with van der Waals surface area (Å²) in [5, 5.41) is 13.4. The molecule has 0 amide bonds. The van der Waals surface area contributed by atoms with Crippen LogP contribution in [0.15, 0.2) is 48.5 Å². The summed E-state index contributed by atoms with van der Waals surface area (Å²) in [6.45, 7) is 8.68. The number of ketones is 1. The van der Waals surface area contributed by atoms with Gasteiger partial charge in [-0.05, 0) is 50.2 Å². The standard InChI is InChI=1S/C23H27N5O2S/c1-15(2)27-10-12-28(13-11-27)18-8-6-17(7-9-18)25-23-26-22(24)21(31-23)20(30)16-4-3-5-19(29)14-16/h3-9,14-15,29H,10-13,24H2,1-2H3,(H,25,26). The molecule has 4 rings (SSSR count). The van der Waals surface area contributed by atoms with Gasteiger partial charge in [-0.3, -0.25) is 9.69 Å². The molecule has 1 fully saturated rings. The highest BCUT2D eigenvalue weighted by Crippen LogP contribution is 2.31. The average molecular weight is 438 g/mol. The molecule has 4 N–H and O–H groups in total. The molecule has 8 heteroatoms.